The highest BCUT2D eigenvalue weighted by Gasteiger charge is 2.32. The molecular formula is C15H20F3NO3. The van der Waals surface area contributed by atoms with Gasteiger partial charge in [0.15, 0.2) is 0 Å². The van der Waals surface area contributed by atoms with E-state index in [0.29, 0.717) is 5.56 Å². The predicted molar refractivity (Wildman–Crippen MR) is 75.3 cm³/mol. The lowest BCUT2D eigenvalue weighted by Crippen LogP contribution is -2.40. The lowest BCUT2D eigenvalue weighted by atomic mass is 10.0. The van der Waals surface area contributed by atoms with Crippen LogP contribution >= 0.6 is 0 Å². The molecule has 124 valence electrons. The van der Waals surface area contributed by atoms with Gasteiger partial charge in [-0.2, -0.15) is 13.2 Å². The van der Waals surface area contributed by atoms with Crippen molar-refractivity contribution < 1.29 is 27.4 Å². The van der Waals surface area contributed by atoms with Crippen molar-refractivity contribution in [3.05, 3.63) is 35.4 Å². The number of amides is 1. The second-order valence-corrected chi connectivity index (χ2v) is 4.92. The quantitative estimate of drug-likeness (QED) is 0.809. The lowest BCUT2D eigenvalue weighted by molar-refractivity contribution is -0.143. The molecule has 0 spiro atoms. The van der Waals surface area contributed by atoms with Crippen LogP contribution in [-0.2, 0) is 20.4 Å². The fraction of sp³-hybridized carbons (Fsp3) is 0.533. The van der Waals surface area contributed by atoms with Crippen molar-refractivity contribution in [3.8, 4) is 0 Å². The van der Waals surface area contributed by atoms with Crippen LogP contribution in [0.15, 0.2) is 24.3 Å². The largest absolute Gasteiger partial charge is 0.416 e. The van der Waals surface area contributed by atoms with Crippen molar-refractivity contribution in [1.29, 1.82) is 0 Å². The maximum absolute atomic E-state index is 12.8. The third-order valence-corrected chi connectivity index (χ3v) is 3.44. The number of carbonyl (C=O) groups excluding carboxylic acids is 1. The molecule has 7 heteroatoms. The van der Waals surface area contributed by atoms with E-state index in [4.69, 9.17) is 9.47 Å². The van der Waals surface area contributed by atoms with Crippen LogP contribution in [0.1, 0.15) is 24.1 Å². The van der Waals surface area contributed by atoms with Gasteiger partial charge >= 0.3 is 6.18 Å². The van der Waals surface area contributed by atoms with Crippen molar-refractivity contribution in [2.24, 2.45) is 0 Å². The minimum Gasteiger partial charge on any atom is -0.382 e. The van der Waals surface area contributed by atoms with E-state index in [1.807, 2.05) is 0 Å². The summed E-state index contributed by atoms with van der Waals surface area (Å²) in [6.45, 7) is 1.66. The van der Waals surface area contributed by atoms with E-state index in [-0.39, 0.29) is 12.5 Å². The molecule has 2 atom stereocenters. The minimum absolute atomic E-state index is 0.0833. The van der Waals surface area contributed by atoms with Gasteiger partial charge in [-0.05, 0) is 24.6 Å². The normalized spacial score (nSPS) is 14.5. The van der Waals surface area contributed by atoms with Gasteiger partial charge in [0.2, 0.25) is 0 Å². The molecule has 0 aromatic heterocycles. The molecule has 0 heterocycles. The van der Waals surface area contributed by atoms with Crippen LogP contribution in [0.3, 0.4) is 0 Å². The van der Waals surface area contributed by atoms with Gasteiger partial charge in [-0.15, -0.1) is 0 Å². The van der Waals surface area contributed by atoms with Crippen LogP contribution in [0, 0.1) is 0 Å². The summed E-state index contributed by atoms with van der Waals surface area (Å²) in [5, 5.41) is 0. The number of nitrogens with zero attached hydrogens (tertiary/aromatic N) is 1. The number of likely N-dealkylation sites (N-methyl/N-ethyl adjacent to an activating group) is 1. The topological polar surface area (TPSA) is 38.8 Å². The lowest BCUT2D eigenvalue weighted by Gasteiger charge is -2.30. The van der Waals surface area contributed by atoms with E-state index in [2.05, 4.69) is 0 Å². The van der Waals surface area contributed by atoms with Gasteiger partial charge in [0.25, 0.3) is 5.91 Å². The molecule has 0 aliphatic rings. The van der Waals surface area contributed by atoms with Crippen LogP contribution < -0.4 is 0 Å². The van der Waals surface area contributed by atoms with Gasteiger partial charge < -0.3 is 14.4 Å². The zero-order valence-electron chi connectivity index (χ0n) is 13.0. The average Bonchev–Trinajstić information content (AvgIpc) is 2.49. The molecule has 0 unspecified atom stereocenters. The number of hydrogen-bond donors (Lipinski definition) is 0. The molecule has 0 radical (unpaired) electrons. The molecule has 0 bridgehead atoms. The summed E-state index contributed by atoms with van der Waals surface area (Å²) < 4.78 is 48.5. The van der Waals surface area contributed by atoms with E-state index in [1.54, 1.807) is 13.0 Å². The van der Waals surface area contributed by atoms with Crippen molar-refractivity contribution in [2.45, 2.75) is 25.2 Å². The number of halogens is 3. The molecule has 4 nitrogen and oxygen atoms in total. The highest BCUT2D eigenvalue weighted by Crippen LogP contribution is 2.32. The summed E-state index contributed by atoms with van der Waals surface area (Å²) >= 11 is 0. The summed E-state index contributed by atoms with van der Waals surface area (Å²) in [7, 11) is 4.34. The van der Waals surface area contributed by atoms with E-state index >= 15 is 0 Å². The first kappa shape index (κ1) is 18.4. The average molecular weight is 319 g/mol. The Labute approximate surface area is 127 Å². The van der Waals surface area contributed by atoms with E-state index < -0.39 is 23.9 Å². The smallest absolute Gasteiger partial charge is 0.382 e. The highest BCUT2D eigenvalue weighted by atomic mass is 19.4. The van der Waals surface area contributed by atoms with Gasteiger partial charge in [-0.25, -0.2) is 0 Å². The summed E-state index contributed by atoms with van der Waals surface area (Å²) in [5.74, 6) is -0.332. The molecule has 0 aliphatic carbocycles. The van der Waals surface area contributed by atoms with Crippen molar-refractivity contribution in [3.63, 3.8) is 0 Å². The van der Waals surface area contributed by atoms with Crippen LogP contribution in [0.2, 0.25) is 0 Å². The number of rotatable bonds is 6. The molecule has 0 fully saturated rings. The van der Waals surface area contributed by atoms with E-state index in [9.17, 15) is 18.0 Å². The van der Waals surface area contributed by atoms with Gasteiger partial charge in [0.05, 0.1) is 18.2 Å². The molecule has 1 amide bonds. The molecule has 0 N–H and O–H groups in total. The summed E-state index contributed by atoms with van der Waals surface area (Å²) in [6.07, 6.45) is -5.12. The van der Waals surface area contributed by atoms with Gasteiger partial charge in [0.1, 0.15) is 6.10 Å². The summed E-state index contributed by atoms with van der Waals surface area (Å²) in [5.41, 5.74) is -0.400. The fourth-order valence-corrected chi connectivity index (χ4v) is 2.05. The number of methoxy groups -OCH3 is 2. The van der Waals surface area contributed by atoms with Crippen molar-refractivity contribution in [2.75, 3.05) is 27.9 Å². The van der Waals surface area contributed by atoms with E-state index in [0.717, 1.165) is 12.1 Å². The number of benzene rings is 1. The Kier molecular flexibility index (Phi) is 6.37. The Morgan fingerprint density at radius 3 is 2.45 bits per heavy atom. The number of ether oxygens (including phenoxy) is 2. The molecule has 1 aromatic carbocycles. The van der Waals surface area contributed by atoms with Crippen LogP contribution in [0.5, 0.6) is 0 Å². The summed E-state index contributed by atoms with van der Waals surface area (Å²) in [4.78, 5) is 13.5. The molecule has 1 rings (SSSR count). The molecule has 1 aromatic rings. The number of hydrogen-bond acceptors (Lipinski definition) is 3. The minimum atomic E-state index is -4.43. The molecule has 0 aliphatic heterocycles. The SMILES string of the molecule is COC[C@H](c1cccc(C(F)(F)F)c1)N(C)C(=O)[C@H](C)OC. The first-order valence-electron chi connectivity index (χ1n) is 6.68. The Balaban J connectivity index is 3.13. The Morgan fingerprint density at radius 1 is 1.32 bits per heavy atom. The van der Waals surface area contributed by atoms with Gasteiger partial charge in [-0.1, -0.05) is 12.1 Å². The Bertz CT molecular complexity index is 505. The zero-order valence-corrected chi connectivity index (χ0v) is 13.0. The number of alkyl halides is 3. The van der Waals surface area contributed by atoms with Gasteiger partial charge in [-0.3, -0.25) is 4.79 Å². The fourth-order valence-electron chi connectivity index (χ4n) is 2.05. The predicted octanol–water partition coefficient (Wildman–Crippen LogP) is 2.89. The van der Waals surface area contributed by atoms with Crippen molar-refractivity contribution in [1.82, 2.24) is 4.90 Å². The molecular weight excluding hydrogens is 299 g/mol. The Hall–Kier alpha value is -1.60. The second kappa shape index (κ2) is 7.60. The third-order valence-electron chi connectivity index (χ3n) is 3.44. The zero-order chi connectivity index (χ0) is 16.9. The van der Waals surface area contributed by atoms with Crippen LogP contribution in [0.4, 0.5) is 13.2 Å². The number of carbonyl (C=O) groups is 1. The first-order valence-corrected chi connectivity index (χ1v) is 6.68. The molecule has 0 saturated heterocycles. The highest BCUT2D eigenvalue weighted by molar-refractivity contribution is 5.80. The molecule has 22 heavy (non-hydrogen) atoms. The standard InChI is InChI=1S/C15H20F3NO3/c1-10(22-4)14(20)19(2)13(9-21-3)11-6-5-7-12(8-11)15(16,17)18/h5-8,10,13H,9H2,1-4H3/t10-,13+/m0/s1. The first-order chi connectivity index (χ1) is 10.2. The monoisotopic (exact) mass is 319 g/mol. The summed E-state index contributed by atoms with van der Waals surface area (Å²) in [6, 6.07) is 4.26. The van der Waals surface area contributed by atoms with Crippen molar-refractivity contribution >= 4 is 5.91 Å². The Morgan fingerprint density at radius 2 is 1.95 bits per heavy atom. The van der Waals surface area contributed by atoms with Crippen LogP contribution in [-0.4, -0.2) is 44.8 Å². The van der Waals surface area contributed by atoms with Gasteiger partial charge in [0, 0.05) is 21.3 Å². The maximum atomic E-state index is 12.8. The van der Waals surface area contributed by atoms with Crippen LogP contribution in [0.25, 0.3) is 0 Å². The third kappa shape index (κ3) is 4.45. The second-order valence-electron chi connectivity index (χ2n) is 4.92. The van der Waals surface area contributed by atoms with E-state index in [1.165, 1.54) is 32.2 Å². The molecule has 0 saturated carbocycles. The maximum Gasteiger partial charge on any atom is 0.416 e.